The smallest absolute Gasteiger partial charge is 0.225 e. The van der Waals surface area contributed by atoms with Gasteiger partial charge in [0.05, 0.1) is 0 Å². The van der Waals surface area contributed by atoms with E-state index < -0.39 is 0 Å². The first-order valence-corrected chi connectivity index (χ1v) is 7.71. The van der Waals surface area contributed by atoms with E-state index in [-0.39, 0.29) is 5.92 Å². The standard InChI is InChI=1S/C16H23N3O2/c17-14-2-1-3-15(12-14)18-6-8-19(9-7-18)16(20)13-4-10-21-11-5-13/h1-3,12-13H,4-11,17H2. The normalized spacial score (nSPS) is 20.6. The molecule has 0 spiro atoms. The van der Waals surface area contributed by atoms with Crippen molar-refractivity contribution in [2.45, 2.75) is 12.8 Å². The molecule has 2 aliphatic rings. The lowest BCUT2D eigenvalue weighted by atomic mass is 9.98. The fourth-order valence-electron chi connectivity index (χ4n) is 3.11. The number of hydrogen-bond donors (Lipinski definition) is 1. The summed E-state index contributed by atoms with van der Waals surface area (Å²) in [5.74, 6) is 0.475. The zero-order chi connectivity index (χ0) is 14.7. The highest BCUT2D eigenvalue weighted by Gasteiger charge is 2.28. The number of carbonyl (C=O) groups excluding carboxylic acids is 1. The molecule has 114 valence electrons. The first-order chi connectivity index (χ1) is 10.2. The summed E-state index contributed by atoms with van der Waals surface area (Å²) >= 11 is 0. The monoisotopic (exact) mass is 289 g/mol. The second kappa shape index (κ2) is 6.35. The molecule has 2 fully saturated rings. The van der Waals surface area contributed by atoms with Crippen molar-refractivity contribution in [1.82, 2.24) is 4.90 Å². The lowest BCUT2D eigenvalue weighted by Crippen LogP contribution is -2.51. The summed E-state index contributed by atoms with van der Waals surface area (Å²) in [6.07, 6.45) is 1.74. The van der Waals surface area contributed by atoms with E-state index in [0.717, 1.165) is 63.6 Å². The lowest BCUT2D eigenvalue weighted by Gasteiger charge is -2.38. The predicted octanol–water partition coefficient (Wildman–Crippen LogP) is 1.34. The molecule has 1 aromatic rings. The van der Waals surface area contributed by atoms with Crippen LogP contribution in [0.4, 0.5) is 11.4 Å². The number of ether oxygens (including phenoxy) is 1. The van der Waals surface area contributed by atoms with Crippen LogP contribution >= 0.6 is 0 Å². The van der Waals surface area contributed by atoms with Crippen LogP contribution in [0.1, 0.15) is 12.8 Å². The number of nitrogen functional groups attached to an aromatic ring is 1. The van der Waals surface area contributed by atoms with Gasteiger partial charge in [0, 0.05) is 56.7 Å². The molecule has 1 aromatic carbocycles. The van der Waals surface area contributed by atoms with Crippen molar-refractivity contribution in [3.63, 3.8) is 0 Å². The first kappa shape index (κ1) is 14.2. The van der Waals surface area contributed by atoms with E-state index in [4.69, 9.17) is 10.5 Å². The van der Waals surface area contributed by atoms with Crippen LogP contribution in [0.2, 0.25) is 0 Å². The topological polar surface area (TPSA) is 58.8 Å². The number of anilines is 2. The van der Waals surface area contributed by atoms with Crippen molar-refractivity contribution in [1.29, 1.82) is 0 Å². The molecular weight excluding hydrogens is 266 g/mol. The third kappa shape index (κ3) is 3.29. The molecule has 0 saturated carbocycles. The Morgan fingerprint density at radius 1 is 1.14 bits per heavy atom. The van der Waals surface area contributed by atoms with Gasteiger partial charge in [0.15, 0.2) is 0 Å². The maximum Gasteiger partial charge on any atom is 0.225 e. The second-order valence-corrected chi connectivity index (χ2v) is 5.79. The summed E-state index contributed by atoms with van der Waals surface area (Å²) in [4.78, 5) is 16.8. The van der Waals surface area contributed by atoms with Gasteiger partial charge in [-0.2, -0.15) is 0 Å². The zero-order valence-electron chi connectivity index (χ0n) is 12.3. The number of rotatable bonds is 2. The van der Waals surface area contributed by atoms with E-state index in [1.165, 1.54) is 0 Å². The third-order valence-electron chi connectivity index (χ3n) is 4.40. The molecule has 21 heavy (non-hydrogen) atoms. The van der Waals surface area contributed by atoms with E-state index in [9.17, 15) is 4.79 Å². The molecule has 0 aromatic heterocycles. The Kier molecular flexibility index (Phi) is 4.29. The van der Waals surface area contributed by atoms with Gasteiger partial charge < -0.3 is 20.3 Å². The van der Waals surface area contributed by atoms with Gasteiger partial charge in [0.2, 0.25) is 5.91 Å². The van der Waals surface area contributed by atoms with Gasteiger partial charge in [-0.05, 0) is 31.0 Å². The summed E-state index contributed by atoms with van der Waals surface area (Å²) in [6.45, 7) is 4.78. The molecule has 2 saturated heterocycles. The average Bonchev–Trinajstić information content (AvgIpc) is 2.55. The van der Waals surface area contributed by atoms with E-state index in [0.29, 0.717) is 5.91 Å². The minimum absolute atomic E-state index is 0.165. The molecule has 0 unspecified atom stereocenters. The number of benzene rings is 1. The Morgan fingerprint density at radius 2 is 1.86 bits per heavy atom. The van der Waals surface area contributed by atoms with Crippen LogP contribution in [0, 0.1) is 5.92 Å². The molecule has 2 heterocycles. The molecule has 0 radical (unpaired) electrons. The molecule has 0 atom stereocenters. The molecule has 2 aliphatic heterocycles. The Morgan fingerprint density at radius 3 is 2.52 bits per heavy atom. The fraction of sp³-hybridized carbons (Fsp3) is 0.562. The van der Waals surface area contributed by atoms with Crippen LogP contribution in [0.25, 0.3) is 0 Å². The van der Waals surface area contributed by atoms with Gasteiger partial charge in [0.1, 0.15) is 0 Å². The van der Waals surface area contributed by atoms with E-state index in [2.05, 4.69) is 11.0 Å². The molecule has 1 amide bonds. The summed E-state index contributed by atoms with van der Waals surface area (Å²) in [5, 5.41) is 0. The van der Waals surface area contributed by atoms with Crippen LogP contribution in [-0.4, -0.2) is 50.2 Å². The Labute approximate surface area is 125 Å². The molecule has 5 nitrogen and oxygen atoms in total. The number of nitrogens with two attached hydrogens (primary N) is 1. The molecule has 3 rings (SSSR count). The van der Waals surface area contributed by atoms with Gasteiger partial charge >= 0.3 is 0 Å². The van der Waals surface area contributed by atoms with Gasteiger partial charge in [-0.15, -0.1) is 0 Å². The van der Waals surface area contributed by atoms with Crippen LogP contribution in [0.5, 0.6) is 0 Å². The van der Waals surface area contributed by atoms with Crippen molar-refractivity contribution in [2.24, 2.45) is 5.92 Å². The molecular formula is C16H23N3O2. The minimum Gasteiger partial charge on any atom is -0.399 e. The average molecular weight is 289 g/mol. The highest BCUT2D eigenvalue weighted by Crippen LogP contribution is 2.22. The van der Waals surface area contributed by atoms with Crippen molar-refractivity contribution < 1.29 is 9.53 Å². The van der Waals surface area contributed by atoms with E-state index >= 15 is 0 Å². The second-order valence-electron chi connectivity index (χ2n) is 5.79. The molecule has 5 heteroatoms. The minimum atomic E-state index is 0.165. The van der Waals surface area contributed by atoms with Crippen LogP contribution < -0.4 is 10.6 Å². The first-order valence-electron chi connectivity index (χ1n) is 7.71. The van der Waals surface area contributed by atoms with Crippen LogP contribution in [-0.2, 0) is 9.53 Å². The van der Waals surface area contributed by atoms with E-state index in [1.54, 1.807) is 0 Å². The highest BCUT2D eigenvalue weighted by atomic mass is 16.5. The maximum atomic E-state index is 12.5. The molecule has 0 bridgehead atoms. The number of carbonyl (C=O) groups is 1. The SMILES string of the molecule is Nc1cccc(N2CCN(C(=O)C3CCOCC3)CC2)c1. The number of hydrogen-bond acceptors (Lipinski definition) is 4. The van der Waals surface area contributed by atoms with Crippen molar-refractivity contribution in [3.05, 3.63) is 24.3 Å². The highest BCUT2D eigenvalue weighted by molar-refractivity contribution is 5.79. The van der Waals surface area contributed by atoms with Crippen LogP contribution in [0.3, 0.4) is 0 Å². The van der Waals surface area contributed by atoms with Crippen molar-refractivity contribution in [3.8, 4) is 0 Å². The van der Waals surface area contributed by atoms with Gasteiger partial charge in [-0.1, -0.05) is 6.07 Å². The lowest BCUT2D eigenvalue weighted by molar-refractivity contribution is -0.138. The van der Waals surface area contributed by atoms with Gasteiger partial charge in [-0.3, -0.25) is 4.79 Å². The summed E-state index contributed by atoms with van der Waals surface area (Å²) in [5.41, 5.74) is 7.77. The van der Waals surface area contributed by atoms with Crippen molar-refractivity contribution >= 4 is 17.3 Å². The number of nitrogens with zero attached hydrogens (tertiary/aromatic N) is 2. The maximum absolute atomic E-state index is 12.5. The Balaban J connectivity index is 1.56. The fourth-order valence-corrected chi connectivity index (χ4v) is 3.11. The van der Waals surface area contributed by atoms with Gasteiger partial charge in [-0.25, -0.2) is 0 Å². The molecule has 0 aliphatic carbocycles. The zero-order valence-corrected chi connectivity index (χ0v) is 12.3. The quantitative estimate of drug-likeness (QED) is 0.835. The van der Waals surface area contributed by atoms with Crippen molar-refractivity contribution in [2.75, 3.05) is 50.0 Å². The Hall–Kier alpha value is -1.75. The third-order valence-corrected chi connectivity index (χ3v) is 4.40. The summed E-state index contributed by atoms with van der Waals surface area (Å²) in [7, 11) is 0. The van der Waals surface area contributed by atoms with E-state index in [1.807, 2.05) is 23.1 Å². The summed E-state index contributed by atoms with van der Waals surface area (Å²) in [6, 6.07) is 7.95. The Bertz CT molecular complexity index is 492. The number of piperazine rings is 1. The predicted molar refractivity (Wildman–Crippen MR) is 83.2 cm³/mol. The van der Waals surface area contributed by atoms with Crippen LogP contribution in [0.15, 0.2) is 24.3 Å². The summed E-state index contributed by atoms with van der Waals surface area (Å²) < 4.78 is 5.33. The largest absolute Gasteiger partial charge is 0.399 e. The molecule has 2 N–H and O–H groups in total. The van der Waals surface area contributed by atoms with Gasteiger partial charge in [0.25, 0.3) is 0 Å². The number of amides is 1.